The number of benzene rings is 1. The Morgan fingerprint density at radius 3 is 3.07 bits per heavy atom. The van der Waals surface area contributed by atoms with Gasteiger partial charge in [-0.3, -0.25) is 0 Å². The molecule has 15 heavy (non-hydrogen) atoms. The second-order valence-electron chi connectivity index (χ2n) is 3.88. The summed E-state index contributed by atoms with van der Waals surface area (Å²) in [7, 11) is 0. The predicted octanol–water partition coefficient (Wildman–Crippen LogP) is 2.76. The number of imidazole rings is 1. The molecule has 1 unspecified atom stereocenters. The van der Waals surface area contributed by atoms with Crippen LogP contribution in [0.1, 0.15) is 22.7 Å². The summed E-state index contributed by atoms with van der Waals surface area (Å²) >= 11 is 0. The minimum absolute atomic E-state index is 0.447. The summed E-state index contributed by atoms with van der Waals surface area (Å²) in [5, 5.41) is 0. The summed E-state index contributed by atoms with van der Waals surface area (Å²) in [6, 6.07) is 8.54. The van der Waals surface area contributed by atoms with Gasteiger partial charge in [-0.2, -0.15) is 0 Å². The molecule has 0 saturated heterocycles. The van der Waals surface area contributed by atoms with Crippen LogP contribution in [0.4, 0.5) is 0 Å². The molecular formula is C13H12N2. The van der Waals surface area contributed by atoms with Crippen LogP contribution in [0.15, 0.2) is 42.9 Å². The molecule has 0 saturated carbocycles. The largest absolute Gasteiger partial charge is 0.348 e. The van der Waals surface area contributed by atoms with Crippen LogP contribution in [0.2, 0.25) is 0 Å². The Balaban J connectivity index is 1.96. The molecule has 0 aliphatic heterocycles. The van der Waals surface area contributed by atoms with E-state index in [4.69, 9.17) is 0 Å². The smallest absolute Gasteiger partial charge is 0.0921 e. The molecule has 3 rings (SSSR count). The summed E-state index contributed by atoms with van der Waals surface area (Å²) in [5.74, 6) is 0.447. The molecule has 0 radical (unpaired) electrons. The molecule has 1 heterocycles. The lowest BCUT2D eigenvalue weighted by atomic mass is 9.88. The van der Waals surface area contributed by atoms with Gasteiger partial charge in [0, 0.05) is 17.8 Å². The van der Waals surface area contributed by atoms with E-state index in [0.717, 1.165) is 6.42 Å². The lowest BCUT2D eigenvalue weighted by molar-refractivity contribution is 0.801. The number of hydrogen-bond acceptors (Lipinski definition) is 1. The van der Waals surface area contributed by atoms with Gasteiger partial charge in [-0.05, 0) is 17.5 Å². The molecule has 0 amide bonds. The van der Waals surface area contributed by atoms with Crippen LogP contribution in [0.5, 0.6) is 0 Å². The summed E-state index contributed by atoms with van der Waals surface area (Å²) in [6.45, 7) is 0. The minimum atomic E-state index is 0.447. The lowest BCUT2D eigenvalue weighted by Gasteiger charge is -2.17. The van der Waals surface area contributed by atoms with Crippen molar-refractivity contribution < 1.29 is 0 Å². The molecular weight excluding hydrogens is 184 g/mol. The van der Waals surface area contributed by atoms with E-state index in [1.165, 1.54) is 16.8 Å². The number of rotatable bonds is 1. The zero-order valence-electron chi connectivity index (χ0n) is 8.35. The van der Waals surface area contributed by atoms with Crippen molar-refractivity contribution >= 4 is 6.08 Å². The Kier molecular flexibility index (Phi) is 1.91. The highest BCUT2D eigenvalue weighted by atomic mass is 14.9. The summed E-state index contributed by atoms with van der Waals surface area (Å²) in [6.07, 6.45) is 9.15. The molecule has 1 aliphatic rings. The van der Waals surface area contributed by atoms with Crippen molar-refractivity contribution in [2.75, 3.05) is 0 Å². The van der Waals surface area contributed by atoms with Gasteiger partial charge in [-0.15, -0.1) is 0 Å². The Hall–Kier alpha value is -1.83. The van der Waals surface area contributed by atoms with Crippen molar-refractivity contribution in [1.82, 2.24) is 9.97 Å². The molecule has 0 bridgehead atoms. The number of aromatic nitrogens is 2. The molecule has 1 atom stereocenters. The molecule has 0 spiro atoms. The molecule has 2 aromatic rings. The van der Waals surface area contributed by atoms with Gasteiger partial charge in [0.1, 0.15) is 0 Å². The summed E-state index contributed by atoms with van der Waals surface area (Å²) < 4.78 is 0. The first-order valence-electron chi connectivity index (χ1n) is 5.18. The van der Waals surface area contributed by atoms with E-state index < -0.39 is 0 Å². The van der Waals surface area contributed by atoms with Gasteiger partial charge in [0.05, 0.1) is 6.33 Å². The summed E-state index contributed by atoms with van der Waals surface area (Å²) in [4.78, 5) is 7.24. The first-order chi connectivity index (χ1) is 7.43. The molecule has 2 nitrogen and oxygen atoms in total. The van der Waals surface area contributed by atoms with E-state index in [1.807, 2.05) is 6.20 Å². The van der Waals surface area contributed by atoms with Gasteiger partial charge in [-0.1, -0.05) is 36.4 Å². The number of nitrogens with zero attached hydrogens (tertiary/aromatic N) is 1. The maximum Gasteiger partial charge on any atom is 0.0921 e. The van der Waals surface area contributed by atoms with Gasteiger partial charge < -0.3 is 4.98 Å². The first kappa shape index (κ1) is 8.48. The van der Waals surface area contributed by atoms with Gasteiger partial charge in [-0.25, -0.2) is 4.98 Å². The van der Waals surface area contributed by atoms with Crippen LogP contribution in [0.3, 0.4) is 0 Å². The minimum Gasteiger partial charge on any atom is -0.348 e. The average molecular weight is 196 g/mol. The Labute approximate surface area is 88.7 Å². The highest BCUT2D eigenvalue weighted by Crippen LogP contribution is 2.28. The van der Waals surface area contributed by atoms with E-state index in [-0.39, 0.29) is 0 Å². The molecule has 2 heteroatoms. The van der Waals surface area contributed by atoms with Crippen LogP contribution in [0, 0.1) is 0 Å². The number of hydrogen-bond donors (Lipinski definition) is 1. The van der Waals surface area contributed by atoms with E-state index >= 15 is 0 Å². The Morgan fingerprint density at radius 1 is 1.27 bits per heavy atom. The quantitative estimate of drug-likeness (QED) is 0.746. The second kappa shape index (κ2) is 3.39. The topological polar surface area (TPSA) is 28.7 Å². The van der Waals surface area contributed by atoms with E-state index in [1.54, 1.807) is 6.33 Å². The van der Waals surface area contributed by atoms with Crippen molar-refractivity contribution in [3.63, 3.8) is 0 Å². The van der Waals surface area contributed by atoms with Crippen molar-refractivity contribution in [1.29, 1.82) is 0 Å². The fourth-order valence-corrected chi connectivity index (χ4v) is 2.09. The predicted molar refractivity (Wildman–Crippen MR) is 60.5 cm³/mol. The fourth-order valence-electron chi connectivity index (χ4n) is 2.09. The molecule has 74 valence electrons. The molecule has 1 aromatic carbocycles. The lowest BCUT2D eigenvalue weighted by Crippen LogP contribution is -2.05. The van der Waals surface area contributed by atoms with Crippen LogP contribution in [-0.2, 0) is 6.42 Å². The van der Waals surface area contributed by atoms with Crippen LogP contribution in [-0.4, -0.2) is 9.97 Å². The third kappa shape index (κ3) is 1.48. The zero-order valence-corrected chi connectivity index (χ0v) is 8.35. The average Bonchev–Trinajstić information content (AvgIpc) is 2.82. The molecule has 0 fully saturated rings. The third-order valence-electron chi connectivity index (χ3n) is 2.92. The number of allylic oxidation sites excluding steroid dienone is 1. The molecule has 1 aliphatic carbocycles. The van der Waals surface area contributed by atoms with E-state index in [9.17, 15) is 0 Å². The summed E-state index contributed by atoms with van der Waals surface area (Å²) in [5.41, 5.74) is 3.95. The van der Waals surface area contributed by atoms with Crippen LogP contribution < -0.4 is 0 Å². The van der Waals surface area contributed by atoms with Gasteiger partial charge in [0.25, 0.3) is 0 Å². The highest BCUT2D eigenvalue weighted by Gasteiger charge is 2.15. The Morgan fingerprint density at radius 2 is 2.20 bits per heavy atom. The first-order valence-corrected chi connectivity index (χ1v) is 5.18. The van der Waals surface area contributed by atoms with Crippen LogP contribution >= 0.6 is 0 Å². The monoisotopic (exact) mass is 196 g/mol. The highest BCUT2D eigenvalue weighted by molar-refractivity contribution is 5.58. The molecule has 1 aromatic heterocycles. The van der Waals surface area contributed by atoms with Gasteiger partial charge in [0.15, 0.2) is 0 Å². The normalized spacial score (nSPS) is 18.8. The third-order valence-corrected chi connectivity index (χ3v) is 2.92. The maximum atomic E-state index is 4.06. The SMILES string of the molecule is C1=CC(c2cnc[nH]2)Cc2ccccc21. The molecule has 1 N–H and O–H groups in total. The zero-order chi connectivity index (χ0) is 10.1. The van der Waals surface area contributed by atoms with Crippen molar-refractivity contribution in [2.45, 2.75) is 12.3 Å². The van der Waals surface area contributed by atoms with Crippen molar-refractivity contribution in [3.05, 3.63) is 59.7 Å². The number of H-pyrrole nitrogens is 1. The number of fused-ring (bicyclic) bond motifs is 1. The second-order valence-corrected chi connectivity index (χ2v) is 3.88. The fraction of sp³-hybridized carbons (Fsp3) is 0.154. The van der Waals surface area contributed by atoms with Crippen LogP contribution in [0.25, 0.3) is 6.08 Å². The van der Waals surface area contributed by atoms with E-state index in [0.29, 0.717) is 5.92 Å². The van der Waals surface area contributed by atoms with Gasteiger partial charge in [0.2, 0.25) is 0 Å². The number of aromatic amines is 1. The Bertz CT molecular complexity index is 483. The van der Waals surface area contributed by atoms with Crippen molar-refractivity contribution in [2.24, 2.45) is 0 Å². The maximum absolute atomic E-state index is 4.06. The van der Waals surface area contributed by atoms with Crippen molar-refractivity contribution in [3.8, 4) is 0 Å². The standard InChI is InChI=1S/C13H12N2/c1-2-4-11-7-12(6-5-10(11)3-1)13-8-14-9-15-13/h1-6,8-9,12H,7H2,(H,14,15). The van der Waals surface area contributed by atoms with Gasteiger partial charge >= 0.3 is 0 Å². The van der Waals surface area contributed by atoms with E-state index in [2.05, 4.69) is 46.4 Å². The number of nitrogens with one attached hydrogen (secondary N) is 1.